The second-order valence-electron chi connectivity index (χ2n) is 5.43. The van der Waals surface area contributed by atoms with Crippen molar-refractivity contribution < 1.29 is 9.53 Å². The number of hydrogen-bond donors (Lipinski definition) is 1. The Balaban J connectivity index is 1.53. The van der Waals surface area contributed by atoms with E-state index in [4.69, 9.17) is 4.74 Å². The molecule has 1 aromatic rings. The summed E-state index contributed by atoms with van der Waals surface area (Å²) in [7, 11) is 1.88. The molecule has 3 heterocycles. The number of hydrogen-bond acceptors (Lipinski definition) is 5. The molecule has 3 rings (SSSR count). The molecule has 1 N–H and O–H groups in total. The fraction of sp³-hybridized carbons (Fsp3) is 0.769. The van der Waals surface area contributed by atoms with Crippen LogP contribution in [0.25, 0.3) is 0 Å². The molecule has 1 aromatic heterocycles. The van der Waals surface area contributed by atoms with Crippen molar-refractivity contribution in [2.75, 3.05) is 32.0 Å². The highest BCUT2D eigenvalue weighted by atomic mass is 32.2. The number of thioether (sulfide) groups is 1. The number of carbonyl (C=O) groups is 1. The fourth-order valence-electron chi connectivity index (χ4n) is 2.69. The van der Waals surface area contributed by atoms with Crippen LogP contribution in [-0.4, -0.2) is 62.9 Å². The summed E-state index contributed by atoms with van der Waals surface area (Å²) in [5, 5.41) is 11.6. The van der Waals surface area contributed by atoms with Gasteiger partial charge < -0.3 is 19.5 Å². The SMILES string of the molecule is Cn1cnnc1[C@@H]1CN(C(=O)NC[C@@H]2CCCS2)CCO1. The van der Waals surface area contributed by atoms with Gasteiger partial charge in [-0.25, -0.2) is 4.79 Å². The topological polar surface area (TPSA) is 72.3 Å². The number of aryl methyl sites for hydroxylation is 1. The zero-order chi connectivity index (χ0) is 14.7. The average Bonchev–Trinajstić information content (AvgIpc) is 3.16. The molecule has 8 heteroatoms. The normalized spacial score (nSPS) is 26.0. The standard InChI is InChI=1S/C13H21N5O2S/c1-17-9-15-16-12(17)11-8-18(4-5-20-11)13(19)14-7-10-3-2-6-21-10/h9-11H,2-8H2,1H3,(H,14,19)/t10-,11-/m0/s1. The van der Waals surface area contributed by atoms with Gasteiger partial charge in [0.2, 0.25) is 0 Å². The molecule has 2 saturated heterocycles. The van der Waals surface area contributed by atoms with Crippen LogP contribution in [-0.2, 0) is 11.8 Å². The summed E-state index contributed by atoms with van der Waals surface area (Å²) < 4.78 is 7.55. The van der Waals surface area contributed by atoms with Crippen LogP contribution in [0.5, 0.6) is 0 Å². The summed E-state index contributed by atoms with van der Waals surface area (Å²) in [5.41, 5.74) is 0. The lowest BCUT2D eigenvalue weighted by Crippen LogP contribution is -2.48. The summed E-state index contributed by atoms with van der Waals surface area (Å²) in [4.78, 5) is 14.1. The molecular weight excluding hydrogens is 290 g/mol. The molecular formula is C13H21N5O2S. The second kappa shape index (κ2) is 6.65. The number of urea groups is 1. The van der Waals surface area contributed by atoms with Crippen molar-refractivity contribution in [1.29, 1.82) is 0 Å². The number of nitrogens with one attached hydrogen (secondary N) is 1. The Morgan fingerprint density at radius 3 is 3.24 bits per heavy atom. The summed E-state index contributed by atoms with van der Waals surface area (Å²) in [5.74, 6) is 1.98. The van der Waals surface area contributed by atoms with Gasteiger partial charge in [-0.15, -0.1) is 10.2 Å². The predicted molar refractivity (Wildman–Crippen MR) is 80.1 cm³/mol. The van der Waals surface area contributed by atoms with Gasteiger partial charge >= 0.3 is 6.03 Å². The monoisotopic (exact) mass is 311 g/mol. The Bertz CT molecular complexity index is 489. The van der Waals surface area contributed by atoms with E-state index in [9.17, 15) is 4.79 Å². The largest absolute Gasteiger partial charge is 0.366 e. The quantitative estimate of drug-likeness (QED) is 0.894. The van der Waals surface area contributed by atoms with Gasteiger partial charge in [-0.1, -0.05) is 0 Å². The molecule has 21 heavy (non-hydrogen) atoms. The zero-order valence-electron chi connectivity index (χ0n) is 12.2. The number of nitrogens with zero attached hydrogens (tertiary/aromatic N) is 4. The summed E-state index contributed by atoms with van der Waals surface area (Å²) >= 11 is 1.95. The van der Waals surface area contributed by atoms with Crippen LogP contribution in [0.15, 0.2) is 6.33 Å². The number of aromatic nitrogens is 3. The van der Waals surface area contributed by atoms with Gasteiger partial charge in [-0.3, -0.25) is 0 Å². The predicted octanol–water partition coefficient (Wildman–Crippen LogP) is 0.794. The zero-order valence-corrected chi connectivity index (χ0v) is 13.0. The van der Waals surface area contributed by atoms with Crippen LogP contribution >= 0.6 is 11.8 Å². The van der Waals surface area contributed by atoms with Crippen LogP contribution in [0.3, 0.4) is 0 Å². The molecule has 2 atom stereocenters. The Morgan fingerprint density at radius 2 is 2.52 bits per heavy atom. The van der Waals surface area contributed by atoms with Crippen molar-refractivity contribution in [2.24, 2.45) is 7.05 Å². The van der Waals surface area contributed by atoms with E-state index < -0.39 is 0 Å². The number of amides is 2. The lowest BCUT2D eigenvalue weighted by molar-refractivity contribution is -0.0214. The first kappa shape index (κ1) is 14.6. The van der Waals surface area contributed by atoms with Crippen molar-refractivity contribution in [3.63, 3.8) is 0 Å². The van der Waals surface area contributed by atoms with Crippen LogP contribution in [0.4, 0.5) is 4.79 Å². The Morgan fingerprint density at radius 1 is 1.62 bits per heavy atom. The van der Waals surface area contributed by atoms with E-state index in [-0.39, 0.29) is 12.1 Å². The maximum atomic E-state index is 12.3. The minimum atomic E-state index is -0.196. The fourth-order valence-corrected chi connectivity index (χ4v) is 3.89. The smallest absolute Gasteiger partial charge is 0.317 e. The van der Waals surface area contributed by atoms with Crippen molar-refractivity contribution in [3.8, 4) is 0 Å². The Hall–Kier alpha value is -1.28. The number of rotatable bonds is 3. The van der Waals surface area contributed by atoms with E-state index in [1.807, 2.05) is 28.3 Å². The Labute approximate surface area is 128 Å². The molecule has 0 aliphatic carbocycles. The molecule has 0 radical (unpaired) electrons. The van der Waals surface area contributed by atoms with Gasteiger partial charge in [0.25, 0.3) is 0 Å². The number of morpholine rings is 1. The third-order valence-electron chi connectivity index (χ3n) is 3.89. The molecule has 0 saturated carbocycles. The van der Waals surface area contributed by atoms with E-state index in [1.54, 1.807) is 6.33 Å². The molecule has 2 amide bonds. The summed E-state index contributed by atoms with van der Waals surface area (Å²) in [6.45, 7) is 2.44. The average molecular weight is 311 g/mol. The maximum absolute atomic E-state index is 12.3. The van der Waals surface area contributed by atoms with Crippen LogP contribution in [0.2, 0.25) is 0 Å². The van der Waals surface area contributed by atoms with Crippen molar-refractivity contribution >= 4 is 17.8 Å². The van der Waals surface area contributed by atoms with Gasteiger partial charge in [0.05, 0.1) is 13.2 Å². The highest BCUT2D eigenvalue weighted by molar-refractivity contribution is 8.00. The van der Waals surface area contributed by atoms with E-state index in [0.717, 1.165) is 12.4 Å². The lowest BCUT2D eigenvalue weighted by atomic mass is 10.2. The molecule has 0 bridgehead atoms. The maximum Gasteiger partial charge on any atom is 0.317 e. The minimum Gasteiger partial charge on any atom is -0.366 e. The first-order valence-corrected chi connectivity index (χ1v) is 8.39. The van der Waals surface area contributed by atoms with Crippen molar-refractivity contribution in [3.05, 3.63) is 12.2 Å². The highest BCUT2D eigenvalue weighted by Gasteiger charge is 2.28. The molecule has 116 valence electrons. The molecule has 0 unspecified atom stereocenters. The molecule has 7 nitrogen and oxygen atoms in total. The first-order chi connectivity index (χ1) is 10.2. The number of carbonyl (C=O) groups excluding carboxylic acids is 1. The van der Waals surface area contributed by atoms with Gasteiger partial charge in [0, 0.05) is 25.4 Å². The third kappa shape index (κ3) is 3.49. The van der Waals surface area contributed by atoms with Crippen LogP contribution < -0.4 is 5.32 Å². The summed E-state index contributed by atoms with van der Waals surface area (Å²) in [6.07, 6.45) is 3.92. The minimum absolute atomic E-state index is 0.00188. The highest BCUT2D eigenvalue weighted by Crippen LogP contribution is 2.25. The van der Waals surface area contributed by atoms with Gasteiger partial charge in [-0.2, -0.15) is 11.8 Å². The Kier molecular flexibility index (Phi) is 4.64. The van der Waals surface area contributed by atoms with Crippen LogP contribution in [0.1, 0.15) is 24.8 Å². The molecule has 2 fully saturated rings. The van der Waals surface area contributed by atoms with E-state index in [2.05, 4.69) is 15.5 Å². The first-order valence-electron chi connectivity index (χ1n) is 7.34. The van der Waals surface area contributed by atoms with E-state index >= 15 is 0 Å². The van der Waals surface area contributed by atoms with Gasteiger partial charge in [0.15, 0.2) is 5.82 Å². The summed E-state index contributed by atoms with van der Waals surface area (Å²) in [6, 6.07) is -0.00188. The lowest BCUT2D eigenvalue weighted by Gasteiger charge is -2.32. The second-order valence-corrected chi connectivity index (χ2v) is 6.83. The van der Waals surface area contributed by atoms with Crippen molar-refractivity contribution in [1.82, 2.24) is 25.0 Å². The molecule has 0 aromatic carbocycles. The third-order valence-corrected chi connectivity index (χ3v) is 5.29. The molecule has 0 spiro atoms. The van der Waals surface area contributed by atoms with Gasteiger partial charge in [0.1, 0.15) is 12.4 Å². The van der Waals surface area contributed by atoms with Gasteiger partial charge in [-0.05, 0) is 18.6 Å². The van der Waals surface area contributed by atoms with Crippen LogP contribution in [0, 0.1) is 0 Å². The molecule has 2 aliphatic rings. The van der Waals surface area contributed by atoms with E-state index in [1.165, 1.54) is 18.6 Å². The molecule has 2 aliphatic heterocycles. The number of ether oxygens (including phenoxy) is 1. The van der Waals surface area contributed by atoms with E-state index in [0.29, 0.717) is 24.9 Å². The van der Waals surface area contributed by atoms with Crippen molar-refractivity contribution in [2.45, 2.75) is 24.2 Å².